The van der Waals surface area contributed by atoms with Crippen LogP contribution in [0.3, 0.4) is 0 Å². The van der Waals surface area contributed by atoms with Crippen molar-refractivity contribution < 1.29 is 4.79 Å². The van der Waals surface area contributed by atoms with Crippen molar-refractivity contribution in [2.24, 2.45) is 5.73 Å². The van der Waals surface area contributed by atoms with E-state index in [0.717, 1.165) is 24.8 Å². The molecule has 3 N–H and O–H groups in total. The zero-order chi connectivity index (χ0) is 12.5. The minimum Gasteiger partial charge on any atom is -0.349 e. The minimum atomic E-state index is 0.0676. The normalized spacial score (nSPS) is 27.2. The zero-order valence-electron chi connectivity index (χ0n) is 10.6. The monoisotopic (exact) mass is 244 g/mol. The molecule has 96 valence electrons. The lowest BCUT2D eigenvalue weighted by molar-refractivity contribution is 0.0938. The number of nitrogens with two attached hydrogens (primary N) is 1. The standard InChI is InChI=1S/C15H20N2O/c16-14-9-13(14)10-4-3-5-11(8-10)15(18)17-12-6-1-2-7-12/h3-5,8,12-14H,1-2,6-7,9,16H2,(H,17,18)/t13-,14+/m0/s1. The molecule has 2 aliphatic rings. The highest BCUT2D eigenvalue weighted by atomic mass is 16.1. The summed E-state index contributed by atoms with van der Waals surface area (Å²) in [5.41, 5.74) is 7.84. The lowest BCUT2D eigenvalue weighted by Gasteiger charge is -2.12. The molecular formula is C15H20N2O. The van der Waals surface area contributed by atoms with E-state index in [1.165, 1.54) is 18.4 Å². The first kappa shape index (κ1) is 11.7. The predicted molar refractivity (Wildman–Crippen MR) is 71.5 cm³/mol. The van der Waals surface area contributed by atoms with Gasteiger partial charge in [0.15, 0.2) is 0 Å². The predicted octanol–water partition coefficient (Wildman–Crippen LogP) is 2.17. The van der Waals surface area contributed by atoms with Gasteiger partial charge in [-0.25, -0.2) is 0 Å². The van der Waals surface area contributed by atoms with Gasteiger partial charge >= 0.3 is 0 Å². The Labute approximate surface area is 108 Å². The summed E-state index contributed by atoms with van der Waals surface area (Å²) in [5.74, 6) is 0.530. The summed E-state index contributed by atoms with van der Waals surface area (Å²) in [4.78, 5) is 12.1. The average molecular weight is 244 g/mol. The van der Waals surface area contributed by atoms with Crippen molar-refractivity contribution in [3.8, 4) is 0 Å². The van der Waals surface area contributed by atoms with Crippen LogP contribution in [-0.4, -0.2) is 18.0 Å². The van der Waals surface area contributed by atoms with Crippen molar-refractivity contribution in [3.05, 3.63) is 35.4 Å². The van der Waals surface area contributed by atoms with Gasteiger partial charge in [-0.2, -0.15) is 0 Å². The number of benzene rings is 1. The molecule has 2 saturated carbocycles. The molecule has 3 heteroatoms. The van der Waals surface area contributed by atoms with Crippen molar-refractivity contribution in [2.45, 2.75) is 50.1 Å². The third kappa shape index (κ3) is 2.41. The van der Waals surface area contributed by atoms with Gasteiger partial charge < -0.3 is 11.1 Å². The van der Waals surface area contributed by atoms with Crippen molar-refractivity contribution in [3.63, 3.8) is 0 Å². The van der Waals surface area contributed by atoms with Crippen molar-refractivity contribution in [2.75, 3.05) is 0 Å². The van der Waals surface area contributed by atoms with E-state index >= 15 is 0 Å². The topological polar surface area (TPSA) is 55.1 Å². The number of nitrogens with one attached hydrogen (secondary N) is 1. The molecule has 0 aromatic heterocycles. The number of amides is 1. The Morgan fingerprint density at radius 3 is 2.67 bits per heavy atom. The van der Waals surface area contributed by atoms with Gasteiger partial charge in [0.1, 0.15) is 0 Å². The van der Waals surface area contributed by atoms with Crippen LogP contribution in [0.4, 0.5) is 0 Å². The van der Waals surface area contributed by atoms with Crippen LogP contribution in [0.5, 0.6) is 0 Å². The highest BCUT2D eigenvalue weighted by Crippen LogP contribution is 2.39. The first-order valence-corrected chi connectivity index (χ1v) is 6.90. The largest absolute Gasteiger partial charge is 0.349 e. The Hall–Kier alpha value is -1.35. The van der Waals surface area contributed by atoms with Crippen LogP contribution >= 0.6 is 0 Å². The second-order valence-corrected chi connectivity index (χ2v) is 5.59. The molecule has 0 aliphatic heterocycles. The first-order valence-electron chi connectivity index (χ1n) is 6.90. The van der Waals surface area contributed by atoms with Crippen LogP contribution in [-0.2, 0) is 0 Å². The van der Waals surface area contributed by atoms with E-state index < -0.39 is 0 Å². The Morgan fingerprint density at radius 2 is 2.00 bits per heavy atom. The summed E-state index contributed by atoms with van der Waals surface area (Å²) in [6.45, 7) is 0. The summed E-state index contributed by atoms with van der Waals surface area (Å²) in [7, 11) is 0. The molecule has 2 atom stereocenters. The number of carbonyl (C=O) groups excluding carboxylic acids is 1. The molecule has 0 spiro atoms. The lowest BCUT2D eigenvalue weighted by atomic mass is 10.1. The Bertz CT molecular complexity index is 452. The number of hydrogen-bond donors (Lipinski definition) is 2. The van der Waals surface area contributed by atoms with Crippen LogP contribution in [0, 0.1) is 0 Å². The smallest absolute Gasteiger partial charge is 0.251 e. The SMILES string of the molecule is N[C@@H]1C[C@H]1c1cccc(C(=O)NC2CCCC2)c1. The van der Waals surface area contributed by atoms with Crippen LogP contribution in [0.2, 0.25) is 0 Å². The number of hydrogen-bond acceptors (Lipinski definition) is 2. The van der Waals surface area contributed by atoms with Gasteiger partial charge in [0.05, 0.1) is 0 Å². The molecule has 2 fully saturated rings. The molecule has 0 bridgehead atoms. The van der Waals surface area contributed by atoms with Crippen molar-refractivity contribution in [1.29, 1.82) is 0 Å². The number of rotatable bonds is 3. The highest BCUT2D eigenvalue weighted by Gasteiger charge is 2.35. The van der Waals surface area contributed by atoms with E-state index in [1.807, 2.05) is 18.2 Å². The highest BCUT2D eigenvalue weighted by molar-refractivity contribution is 5.94. The molecule has 0 unspecified atom stereocenters. The third-order valence-electron chi connectivity index (χ3n) is 4.11. The molecule has 3 rings (SSSR count). The zero-order valence-corrected chi connectivity index (χ0v) is 10.6. The second kappa shape index (κ2) is 4.73. The lowest BCUT2D eigenvalue weighted by Crippen LogP contribution is -2.32. The maximum atomic E-state index is 12.1. The van der Waals surface area contributed by atoms with E-state index in [2.05, 4.69) is 11.4 Å². The maximum Gasteiger partial charge on any atom is 0.251 e. The Balaban J connectivity index is 1.69. The minimum absolute atomic E-state index is 0.0676. The Morgan fingerprint density at radius 1 is 1.28 bits per heavy atom. The van der Waals surface area contributed by atoms with Gasteiger partial charge in [-0.15, -0.1) is 0 Å². The molecule has 1 amide bonds. The van der Waals surface area contributed by atoms with Gasteiger partial charge in [0.25, 0.3) is 5.91 Å². The molecule has 18 heavy (non-hydrogen) atoms. The van der Waals surface area contributed by atoms with Crippen molar-refractivity contribution in [1.82, 2.24) is 5.32 Å². The molecular weight excluding hydrogens is 224 g/mol. The fourth-order valence-electron chi connectivity index (χ4n) is 2.85. The molecule has 0 saturated heterocycles. The summed E-state index contributed by atoms with van der Waals surface area (Å²) in [6, 6.07) is 8.60. The maximum absolute atomic E-state index is 12.1. The second-order valence-electron chi connectivity index (χ2n) is 5.59. The summed E-state index contributed by atoms with van der Waals surface area (Å²) < 4.78 is 0. The van der Waals surface area contributed by atoms with Crippen LogP contribution in [0.15, 0.2) is 24.3 Å². The van der Waals surface area contributed by atoms with Crippen LogP contribution in [0.1, 0.15) is 53.9 Å². The van der Waals surface area contributed by atoms with Crippen LogP contribution < -0.4 is 11.1 Å². The van der Waals surface area contributed by atoms with E-state index in [-0.39, 0.29) is 11.9 Å². The molecule has 2 aliphatic carbocycles. The Kier molecular flexibility index (Phi) is 3.08. The van der Waals surface area contributed by atoms with Gasteiger partial charge in [-0.05, 0) is 37.0 Å². The molecule has 1 aromatic rings. The number of carbonyl (C=O) groups is 1. The fraction of sp³-hybridized carbons (Fsp3) is 0.533. The first-order chi connectivity index (χ1) is 8.74. The van der Waals surface area contributed by atoms with E-state index in [1.54, 1.807) is 0 Å². The van der Waals surface area contributed by atoms with E-state index in [9.17, 15) is 4.79 Å². The van der Waals surface area contributed by atoms with Gasteiger partial charge in [-0.1, -0.05) is 25.0 Å². The quantitative estimate of drug-likeness (QED) is 0.856. The van der Waals surface area contributed by atoms with Gasteiger partial charge in [0.2, 0.25) is 0 Å². The summed E-state index contributed by atoms with van der Waals surface area (Å²) >= 11 is 0. The van der Waals surface area contributed by atoms with Gasteiger partial charge in [-0.3, -0.25) is 4.79 Å². The van der Waals surface area contributed by atoms with Crippen molar-refractivity contribution >= 4 is 5.91 Å². The third-order valence-corrected chi connectivity index (χ3v) is 4.11. The van der Waals surface area contributed by atoms with E-state index in [0.29, 0.717) is 12.0 Å². The average Bonchev–Trinajstić information content (AvgIpc) is 2.89. The fourth-order valence-corrected chi connectivity index (χ4v) is 2.85. The van der Waals surface area contributed by atoms with Gasteiger partial charge in [0, 0.05) is 23.6 Å². The van der Waals surface area contributed by atoms with E-state index in [4.69, 9.17) is 5.73 Å². The molecule has 1 aromatic carbocycles. The van der Waals surface area contributed by atoms with Crippen LogP contribution in [0.25, 0.3) is 0 Å². The summed E-state index contributed by atoms with van der Waals surface area (Å²) in [6.07, 6.45) is 5.77. The summed E-state index contributed by atoms with van der Waals surface area (Å²) in [5, 5.41) is 3.12. The molecule has 0 radical (unpaired) electrons. The molecule has 0 heterocycles. The molecule has 3 nitrogen and oxygen atoms in total.